The molecule has 3 aromatic carbocycles. The van der Waals surface area contributed by atoms with Gasteiger partial charge in [0.05, 0.1) is 28.4 Å². The molecule has 0 fully saturated rings. The molecule has 0 spiro atoms. The quantitative estimate of drug-likeness (QED) is 0.313. The number of hydrogen-bond donors (Lipinski definition) is 1. The minimum absolute atomic E-state index is 0.123. The van der Waals surface area contributed by atoms with Gasteiger partial charge in [0.1, 0.15) is 12.4 Å². The summed E-state index contributed by atoms with van der Waals surface area (Å²) in [5.41, 5.74) is 4.96. The smallest absolute Gasteiger partial charge is 0.272 e. The van der Waals surface area contributed by atoms with Crippen LogP contribution in [0.2, 0.25) is 10.0 Å². The molecule has 0 aliphatic carbocycles. The molecule has 0 bridgehead atoms. The largest absolute Gasteiger partial charge is 0.490 e. The van der Waals surface area contributed by atoms with Gasteiger partial charge in [0.2, 0.25) is 0 Å². The van der Waals surface area contributed by atoms with Crippen LogP contribution in [0.15, 0.2) is 59.7 Å². The predicted octanol–water partition coefficient (Wildman–Crippen LogP) is 6.18. The van der Waals surface area contributed by atoms with Crippen LogP contribution in [0.3, 0.4) is 0 Å². The van der Waals surface area contributed by atoms with Crippen LogP contribution in [0.1, 0.15) is 34.0 Å². The van der Waals surface area contributed by atoms with Crippen LogP contribution >= 0.6 is 23.2 Å². The highest BCUT2D eigenvalue weighted by atomic mass is 35.5. The van der Waals surface area contributed by atoms with Gasteiger partial charge < -0.3 is 9.47 Å². The van der Waals surface area contributed by atoms with E-state index in [2.05, 4.69) is 10.5 Å². The number of aryl methyl sites for hydroxylation is 1. The Morgan fingerprint density at radius 2 is 1.91 bits per heavy atom. The lowest BCUT2D eigenvalue weighted by Gasteiger charge is -2.14. The Labute approximate surface area is 195 Å². The van der Waals surface area contributed by atoms with Crippen LogP contribution in [0.5, 0.6) is 11.5 Å². The fraction of sp³-hybridized carbons (Fsp3) is 0.167. The zero-order valence-electron chi connectivity index (χ0n) is 17.5. The molecule has 166 valence electrons. The third-order valence-electron chi connectivity index (χ3n) is 4.35. The van der Waals surface area contributed by atoms with Crippen LogP contribution in [-0.4, -0.2) is 18.7 Å². The van der Waals surface area contributed by atoms with Crippen LogP contribution in [0.25, 0.3) is 0 Å². The molecule has 1 N–H and O–H groups in total. The maximum absolute atomic E-state index is 13.4. The Bertz CT molecular complexity index is 1150. The Morgan fingerprint density at radius 1 is 1.09 bits per heavy atom. The van der Waals surface area contributed by atoms with Gasteiger partial charge in [-0.1, -0.05) is 41.4 Å². The summed E-state index contributed by atoms with van der Waals surface area (Å²) in [5.74, 6) is -0.0312. The fourth-order valence-electron chi connectivity index (χ4n) is 2.88. The molecule has 3 aromatic rings. The zero-order valence-corrected chi connectivity index (χ0v) is 19.0. The number of amides is 1. The second kappa shape index (κ2) is 11.0. The average Bonchev–Trinajstić information content (AvgIpc) is 2.73. The third kappa shape index (κ3) is 6.22. The molecule has 1 amide bonds. The van der Waals surface area contributed by atoms with Gasteiger partial charge in [-0.25, -0.2) is 9.82 Å². The number of benzene rings is 3. The average molecular weight is 475 g/mol. The van der Waals surface area contributed by atoms with Crippen LogP contribution in [0.4, 0.5) is 4.39 Å². The normalized spacial score (nSPS) is 10.9. The van der Waals surface area contributed by atoms with E-state index in [1.165, 1.54) is 18.3 Å². The first kappa shape index (κ1) is 23.6. The predicted molar refractivity (Wildman–Crippen MR) is 125 cm³/mol. The van der Waals surface area contributed by atoms with Gasteiger partial charge in [0, 0.05) is 0 Å². The third-order valence-corrected chi connectivity index (χ3v) is 4.95. The van der Waals surface area contributed by atoms with E-state index >= 15 is 0 Å². The number of nitrogens with one attached hydrogen (secondary N) is 1. The Hall–Kier alpha value is -3.09. The van der Waals surface area contributed by atoms with Gasteiger partial charge in [-0.3, -0.25) is 4.79 Å². The van der Waals surface area contributed by atoms with Crippen molar-refractivity contribution in [3.05, 3.63) is 92.7 Å². The van der Waals surface area contributed by atoms with Gasteiger partial charge in [-0.15, -0.1) is 0 Å². The van der Waals surface area contributed by atoms with Crippen molar-refractivity contribution >= 4 is 35.3 Å². The standard InChI is InChI=1S/C24H21Cl2FN2O3/c1-3-31-22-12-17(13-28-29-24(30)19-8-7-15(2)9-20(19)25)11-21(26)23(22)32-14-16-5-4-6-18(27)10-16/h4-13H,3,14H2,1-2H3,(H,29,30)/b28-13-. The van der Waals surface area contributed by atoms with Crippen molar-refractivity contribution in [2.24, 2.45) is 5.10 Å². The lowest BCUT2D eigenvalue weighted by atomic mass is 10.1. The number of carbonyl (C=O) groups is 1. The van der Waals surface area contributed by atoms with Gasteiger partial charge in [0.15, 0.2) is 11.5 Å². The summed E-state index contributed by atoms with van der Waals surface area (Å²) in [4.78, 5) is 12.3. The SMILES string of the molecule is CCOc1cc(/C=N\NC(=O)c2ccc(C)cc2Cl)cc(Cl)c1OCc1cccc(F)c1. The van der Waals surface area contributed by atoms with Crippen molar-refractivity contribution in [2.45, 2.75) is 20.5 Å². The van der Waals surface area contributed by atoms with Crippen molar-refractivity contribution in [1.82, 2.24) is 5.43 Å². The summed E-state index contributed by atoms with van der Waals surface area (Å²) in [5, 5.41) is 4.62. The highest BCUT2D eigenvalue weighted by Crippen LogP contribution is 2.37. The highest BCUT2D eigenvalue weighted by molar-refractivity contribution is 6.34. The minimum Gasteiger partial charge on any atom is -0.490 e. The lowest BCUT2D eigenvalue weighted by Crippen LogP contribution is -2.18. The van der Waals surface area contributed by atoms with Gasteiger partial charge in [-0.05, 0) is 66.9 Å². The first-order valence-electron chi connectivity index (χ1n) is 9.80. The summed E-state index contributed by atoms with van der Waals surface area (Å²) in [6.07, 6.45) is 1.44. The number of nitrogens with zero attached hydrogens (tertiary/aromatic N) is 1. The number of halogens is 3. The zero-order chi connectivity index (χ0) is 23.1. The first-order chi connectivity index (χ1) is 15.4. The van der Waals surface area contributed by atoms with E-state index in [0.29, 0.717) is 44.8 Å². The number of rotatable bonds is 8. The summed E-state index contributed by atoms with van der Waals surface area (Å²) in [7, 11) is 0. The van der Waals surface area contributed by atoms with Crippen LogP contribution in [-0.2, 0) is 6.61 Å². The number of hydrogen-bond acceptors (Lipinski definition) is 4. The fourth-order valence-corrected chi connectivity index (χ4v) is 3.47. The number of hydrazone groups is 1. The topological polar surface area (TPSA) is 59.9 Å². The van der Waals surface area contributed by atoms with E-state index in [-0.39, 0.29) is 12.4 Å². The molecular weight excluding hydrogens is 454 g/mol. The summed E-state index contributed by atoms with van der Waals surface area (Å²) >= 11 is 12.5. The van der Waals surface area contributed by atoms with Crippen LogP contribution in [0, 0.1) is 12.7 Å². The van der Waals surface area contributed by atoms with Crippen molar-refractivity contribution in [1.29, 1.82) is 0 Å². The molecule has 0 heterocycles. The molecule has 0 unspecified atom stereocenters. The minimum atomic E-state index is -0.433. The first-order valence-corrected chi connectivity index (χ1v) is 10.6. The molecule has 0 saturated heterocycles. The van der Waals surface area contributed by atoms with E-state index in [4.69, 9.17) is 32.7 Å². The maximum Gasteiger partial charge on any atom is 0.272 e. The molecule has 0 aliphatic heterocycles. The monoisotopic (exact) mass is 474 g/mol. The Morgan fingerprint density at radius 3 is 2.62 bits per heavy atom. The van der Waals surface area contributed by atoms with Crippen molar-refractivity contribution in [2.75, 3.05) is 6.61 Å². The van der Waals surface area contributed by atoms with E-state index in [9.17, 15) is 9.18 Å². The molecule has 0 aliphatic rings. The highest BCUT2D eigenvalue weighted by Gasteiger charge is 2.13. The lowest BCUT2D eigenvalue weighted by molar-refractivity contribution is 0.0955. The van der Waals surface area contributed by atoms with E-state index in [1.807, 2.05) is 13.8 Å². The molecule has 0 aromatic heterocycles. The Balaban J connectivity index is 1.73. The molecule has 32 heavy (non-hydrogen) atoms. The summed E-state index contributed by atoms with van der Waals surface area (Å²) in [6, 6.07) is 14.6. The summed E-state index contributed by atoms with van der Waals surface area (Å²) < 4.78 is 24.8. The molecule has 0 radical (unpaired) electrons. The van der Waals surface area contributed by atoms with Gasteiger partial charge in [0.25, 0.3) is 5.91 Å². The van der Waals surface area contributed by atoms with Crippen LogP contribution < -0.4 is 14.9 Å². The molecule has 0 saturated carbocycles. The van der Waals surface area contributed by atoms with Crippen molar-refractivity contribution in [3.63, 3.8) is 0 Å². The molecule has 8 heteroatoms. The van der Waals surface area contributed by atoms with Crippen molar-refractivity contribution < 1.29 is 18.7 Å². The van der Waals surface area contributed by atoms with Gasteiger partial charge in [-0.2, -0.15) is 5.10 Å². The Kier molecular flexibility index (Phi) is 8.09. The molecule has 0 atom stereocenters. The van der Waals surface area contributed by atoms with E-state index in [1.54, 1.807) is 42.5 Å². The molecule has 3 rings (SSSR count). The van der Waals surface area contributed by atoms with E-state index < -0.39 is 5.91 Å². The maximum atomic E-state index is 13.4. The molecule has 5 nitrogen and oxygen atoms in total. The van der Waals surface area contributed by atoms with Gasteiger partial charge >= 0.3 is 0 Å². The summed E-state index contributed by atoms with van der Waals surface area (Å²) in [6.45, 7) is 4.22. The van der Waals surface area contributed by atoms with E-state index in [0.717, 1.165) is 5.56 Å². The second-order valence-corrected chi connectivity index (χ2v) is 7.68. The van der Waals surface area contributed by atoms with Crippen molar-refractivity contribution in [3.8, 4) is 11.5 Å². The molecular formula is C24H21Cl2FN2O3. The second-order valence-electron chi connectivity index (χ2n) is 6.86. The number of carbonyl (C=O) groups excluding carboxylic acids is 1. The number of ether oxygens (including phenoxy) is 2.